The zero-order valence-corrected chi connectivity index (χ0v) is 24.7. The molecule has 0 saturated carbocycles. The normalized spacial score (nSPS) is 12.5. The summed E-state index contributed by atoms with van der Waals surface area (Å²) in [6.07, 6.45) is 0.284. The van der Waals surface area contributed by atoms with Gasteiger partial charge >= 0.3 is 0 Å². The zero-order chi connectivity index (χ0) is 28.8. The molecule has 1 N–H and O–H groups in total. The first-order valence-corrected chi connectivity index (χ1v) is 14.7. The quantitative estimate of drug-likeness (QED) is 0.318. The van der Waals surface area contributed by atoms with Gasteiger partial charge in [0.25, 0.3) is 10.0 Å². The van der Waals surface area contributed by atoms with E-state index in [9.17, 15) is 18.0 Å². The van der Waals surface area contributed by atoms with Crippen LogP contribution in [-0.2, 0) is 26.2 Å². The SMILES string of the molecule is CC[C@@H](C(=O)NC(C)(C)C)N(Cc1c(Cl)cccc1Cl)C(=O)CN(c1ccccc1)S(=O)(=O)c1ccccc1. The summed E-state index contributed by atoms with van der Waals surface area (Å²) in [7, 11) is -4.12. The minimum absolute atomic E-state index is 0.0415. The van der Waals surface area contributed by atoms with Gasteiger partial charge in [0.1, 0.15) is 12.6 Å². The van der Waals surface area contributed by atoms with E-state index in [2.05, 4.69) is 5.32 Å². The van der Waals surface area contributed by atoms with Gasteiger partial charge < -0.3 is 10.2 Å². The van der Waals surface area contributed by atoms with E-state index in [1.165, 1.54) is 17.0 Å². The van der Waals surface area contributed by atoms with E-state index < -0.39 is 34.1 Å². The Morgan fingerprint density at radius 2 is 1.41 bits per heavy atom. The fourth-order valence-corrected chi connectivity index (χ4v) is 6.02. The number of nitrogens with zero attached hydrogens (tertiary/aromatic N) is 2. The van der Waals surface area contributed by atoms with Crippen molar-refractivity contribution < 1.29 is 18.0 Å². The van der Waals surface area contributed by atoms with Crippen LogP contribution in [0.5, 0.6) is 0 Å². The van der Waals surface area contributed by atoms with Crippen molar-refractivity contribution in [3.05, 3.63) is 94.5 Å². The van der Waals surface area contributed by atoms with Gasteiger partial charge in [-0.1, -0.05) is 72.6 Å². The van der Waals surface area contributed by atoms with E-state index in [0.29, 0.717) is 21.3 Å². The Morgan fingerprint density at radius 1 is 0.872 bits per heavy atom. The number of carbonyl (C=O) groups excluding carboxylic acids is 2. The van der Waals surface area contributed by atoms with Gasteiger partial charge in [-0.2, -0.15) is 0 Å². The number of para-hydroxylation sites is 1. The standard InChI is InChI=1S/C29H33Cl2N3O4S/c1-5-26(28(36)32-29(2,3)4)33(19-23-24(30)17-12-18-25(23)31)27(35)20-34(21-13-8-6-9-14-21)39(37,38)22-15-10-7-11-16-22/h6-18,26H,5,19-20H2,1-4H3,(H,32,36)/t26-/m0/s1. The third kappa shape index (κ3) is 7.75. The topological polar surface area (TPSA) is 86.8 Å². The molecule has 0 radical (unpaired) electrons. The molecule has 2 amide bonds. The number of amides is 2. The van der Waals surface area contributed by atoms with E-state index in [0.717, 1.165) is 4.31 Å². The Bertz CT molecular complexity index is 1370. The maximum Gasteiger partial charge on any atom is 0.264 e. The second-order valence-corrected chi connectivity index (χ2v) is 12.7. The molecule has 0 aliphatic carbocycles. The van der Waals surface area contributed by atoms with Crippen LogP contribution in [0.3, 0.4) is 0 Å². The first kappa shape index (κ1) is 30.5. The van der Waals surface area contributed by atoms with Gasteiger partial charge in [-0.15, -0.1) is 0 Å². The second-order valence-electron chi connectivity index (χ2n) is 10.0. The Morgan fingerprint density at radius 3 is 1.92 bits per heavy atom. The van der Waals surface area contributed by atoms with E-state index >= 15 is 0 Å². The predicted molar refractivity (Wildman–Crippen MR) is 156 cm³/mol. The van der Waals surface area contributed by atoms with E-state index in [4.69, 9.17) is 23.2 Å². The summed E-state index contributed by atoms with van der Waals surface area (Å²) >= 11 is 12.9. The number of nitrogens with one attached hydrogen (secondary N) is 1. The third-order valence-electron chi connectivity index (χ3n) is 5.93. The number of sulfonamides is 1. The number of anilines is 1. The lowest BCUT2D eigenvalue weighted by Gasteiger charge is -2.35. The zero-order valence-electron chi connectivity index (χ0n) is 22.4. The van der Waals surface area contributed by atoms with Crippen LogP contribution in [-0.4, -0.2) is 43.3 Å². The highest BCUT2D eigenvalue weighted by Gasteiger charge is 2.35. The number of hydrogen-bond acceptors (Lipinski definition) is 4. The molecule has 0 unspecified atom stereocenters. The molecule has 10 heteroatoms. The Kier molecular flexibility index (Phi) is 10.0. The predicted octanol–water partition coefficient (Wildman–Crippen LogP) is 5.91. The lowest BCUT2D eigenvalue weighted by Crippen LogP contribution is -2.55. The molecule has 3 aromatic rings. The molecule has 1 atom stereocenters. The molecule has 0 aromatic heterocycles. The summed E-state index contributed by atoms with van der Waals surface area (Å²) in [5.41, 5.74) is 0.236. The summed E-state index contributed by atoms with van der Waals surface area (Å²) in [6, 6.07) is 20.4. The molecule has 208 valence electrons. The molecule has 0 spiro atoms. The second kappa shape index (κ2) is 12.9. The van der Waals surface area contributed by atoms with Crippen molar-refractivity contribution in [3.8, 4) is 0 Å². The molecule has 0 aliphatic heterocycles. The van der Waals surface area contributed by atoms with Crippen LogP contribution in [0.25, 0.3) is 0 Å². The number of benzene rings is 3. The van der Waals surface area contributed by atoms with Crippen molar-refractivity contribution in [2.45, 2.75) is 57.1 Å². The summed E-state index contributed by atoms with van der Waals surface area (Å²) in [5.74, 6) is -0.941. The van der Waals surface area contributed by atoms with Crippen LogP contribution in [0, 0.1) is 0 Å². The van der Waals surface area contributed by atoms with Crippen LogP contribution in [0.1, 0.15) is 39.7 Å². The first-order chi connectivity index (χ1) is 18.3. The van der Waals surface area contributed by atoms with Gasteiger partial charge in [0, 0.05) is 27.7 Å². The Hall–Kier alpha value is -3.07. The van der Waals surface area contributed by atoms with Crippen molar-refractivity contribution in [1.29, 1.82) is 0 Å². The van der Waals surface area contributed by atoms with Gasteiger partial charge in [0.15, 0.2) is 0 Å². The van der Waals surface area contributed by atoms with Crippen LogP contribution in [0.15, 0.2) is 83.8 Å². The summed E-state index contributed by atoms with van der Waals surface area (Å²) in [5, 5.41) is 3.60. The number of carbonyl (C=O) groups is 2. The van der Waals surface area contributed by atoms with Crippen molar-refractivity contribution in [3.63, 3.8) is 0 Å². The minimum Gasteiger partial charge on any atom is -0.350 e. The molecule has 0 fully saturated rings. The minimum atomic E-state index is -4.12. The number of halogens is 2. The van der Waals surface area contributed by atoms with Crippen LogP contribution in [0.2, 0.25) is 10.0 Å². The average Bonchev–Trinajstić information content (AvgIpc) is 2.88. The van der Waals surface area contributed by atoms with Gasteiger partial charge in [-0.25, -0.2) is 8.42 Å². The van der Waals surface area contributed by atoms with Crippen LogP contribution < -0.4 is 9.62 Å². The molecule has 0 aliphatic rings. The van der Waals surface area contributed by atoms with E-state index in [1.54, 1.807) is 73.7 Å². The maximum absolute atomic E-state index is 14.1. The molecule has 7 nitrogen and oxygen atoms in total. The molecule has 0 saturated heterocycles. The average molecular weight is 591 g/mol. The Labute approximate surface area is 240 Å². The van der Waals surface area contributed by atoms with Crippen molar-refractivity contribution >= 4 is 50.7 Å². The highest BCUT2D eigenvalue weighted by molar-refractivity contribution is 7.92. The van der Waals surface area contributed by atoms with Crippen molar-refractivity contribution in [2.24, 2.45) is 0 Å². The summed E-state index contributed by atoms with van der Waals surface area (Å²) in [4.78, 5) is 28.8. The first-order valence-electron chi connectivity index (χ1n) is 12.5. The molecule has 0 heterocycles. The highest BCUT2D eigenvalue weighted by atomic mass is 35.5. The number of hydrogen-bond donors (Lipinski definition) is 1. The fourth-order valence-electron chi connectivity index (χ4n) is 4.07. The fraction of sp³-hybridized carbons (Fsp3) is 0.310. The molecular formula is C29H33Cl2N3O4S. The van der Waals surface area contributed by atoms with E-state index in [-0.39, 0.29) is 23.8 Å². The van der Waals surface area contributed by atoms with Gasteiger partial charge in [-0.05, 0) is 63.6 Å². The molecule has 3 rings (SSSR count). The summed E-state index contributed by atoms with van der Waals surface area (Å²) in [6.45, 7) is 6.70. The monoisotopic (exact) mass is 589 g/mol. The van der Waals surface area contributed by atoms with Crippen molar-refractivity contribution in [2.75, 3.05) is 10.8 Å². The maximum atomic E-state index is 14.1. The smallest absolute Gasteiger partial charge is 0.264 e. The van der Waals surface area contributed by atoms with Gasteiger partial charge in [-0.3, -0.25) is 13.9 Å². The van der Waals surface area contributed by atoms with Crippen LogP contribution in [0.4, 0.5) is 5.69 Å². The number of rotatable bonds is 10. The lowest BCUT2D eigenvalue weighted by molar-refractivity contribution is -0.141. The molecule has 0 bridgehead atoms. The van der Waals surface area contributed by atoms with Crippen molar-refractivity contribution in [1.82, 2.24) is 10.2 Å². The van der Waals surface area contributed by atoms with Crippen LogP contribution >= 0.6 is 23.2 Å². The van der Waals surface area contributed by atoms with Gasteiger partial charge in [0.2, 0.25) is 11.8 Å². The molecule has 3 aromatic carbocycles. The van der Waals surface area contributed by atoms with E-state index in [1.807, 2.05) is 20.8 Å². The highest BCUT2D eigenvalue weighted by Crippen LogP contribution is 2.28. The largest absolute Gasteiger partial charge is 0.350 e. The third-order valence-corrected chi connectivity index (χ3v) is 8.42. The molecular weight excluding hydrogens is 557 g/mol. The lowest BCUT2D eigenvalue weighted by atomic mass is 10.1. The molecule has 39 heavy (non-hydrogen) atoms. The Balaban J connectivity index is 2.08. The van der Waals surface area contributed by atoms with Gasteiger partial charge in [0.05, 0.1) is 10.6 Å². The summed E-state index contributed by atoms with van der Waals surface area (Å²) < 4.78 is 28.6.